The number of rotatable bonds is 3. The fraction of sp³-hybridized carbons (Fsp3) is 0.0667. The summed E-state index contributed by atoms with van der Waals surface area (Å²) < 4.78 is 0. The van der Waals surface area contributed by atoms with E-state index in [4.69, 9.17) is 16.9 Å². The van der Waals surface area contributed by atoms with Crippen LogP contribution in [0.5, 0.6) is 0 Å². The van der Waals surface area contributed by atoms with Gasteiger partial charge in [-0.05, 0) is 17.7 Å². The average Bonchev–Trinajstić information content (AvgIpc) is 2.43. The number of carbonyl (C=O) groups is 1. The summed E-state index contributed by atoms with van der Waals surface area (Å²) in [4.78, 5) is 12.1. The first kappa shape index (κ1) is 13.1. The van der Waals surface area contributed by atoms with Crippen molar-refractivity contribution in [1.29, 1.82) is 5.26 Å². The fourth-order valence-corrected chi connectivity index (χ4v) is 1.88. The molecular formula is C15H11ClN2O. The molecule has 0 aliphatic rings. The first-order valence-corrected chi connectivity index (χ1v) is 6.10. The maximum absolute atomic E-state index is 12.1. The van der Waals surface area contributed by atoms with E-state index in [0.717, 1.165) is 0 Å². The number of nitrogens with one attached hydrogen (secondary N) is 1. The second-order valence-corrected chi connectivity index (χ2v) is 4.35. The molecule has 0 aliphatic heterocycles. The maximum Gasteiger partial charge on any atom is 0.246 e. The van der Waals surface area contributed by atoms with Gasteiger partial charge in [0.05, 0.1) is 16.8 Å². The summed E-state index contributed by atoms with van der Waals surface area (Å²) in [5.41, 5.74) is 1.17. The zero-order valence-corrected chi connectivity index (χ0v) is 10.8. The SMILES string of the molecule is N#CC(C(=O)Nc1ccccc1Cl)c1ccccc1. The minimum atomic E-state index is -0.850. The lowest BCUT2D eigenvalue weighted by molar-refractivity contribution is -0.116. The topological polar surface area (TPSA) is 52.9 Å². The third-order valence-electron chi connectivity index (χ3n) is 2.66. The summed E-state index contributed by atoms with van der Waals surface area (Å²) in [6.07, 6.45) is 0. The van der Waals surface area contributed by atoms with E-state index >= 15 is 0 Å². The van der Waals surface area contributed by atoms with Crippen LogP contribution in [0.1, 0.15) is 11.5 Å². The minimum absolute atomic E-state index is 0.387. The molecule has 0 aliphatic carbocycles. The zero-order valence-electron chi connectivity index (χ0n) is 10.0. The maximum atomic E-state index is 12.1. The lowest BCUT2D eigenvalue weighted by Gasteiger charge is -2.11. The van der Waals surface area contributed by atoms with Gasteiger partial charge in [-0.25, -0.2) is 0 Å². The number of anilines is 1. The summed E-state index contributed by atoms with van der Waals surface area (Å²) in [5.74, 6) is -1.24. The van der Waals surface area contributed by atoms with Crippen LogP contribution in [-0.2, 0) is 4.79 Å². The predicted octanol–water partition coefficient (Wildman–Crippen LogP) is 3.59. The number of carbonyl (C=O) groups excluding carboxylic acids is 1. The van der Waals surface area contributed by atoms with Crippen molar-refractivity contribution in [3.05, 3.63) is 65.2 Å². The molecule has 3 nitrogen and oxygen atoms in total. The van der Waals surface area contributed by atoms with Gasteiger partial charge in [-0.2, -0.15) is 5.26 Å². The van der Waals surface area contributed by atoms with Gasteiger partial charge < -0.3 is 5.32 Å². The van der Waals surface area contributed by atoms with Crippen LogP contribution in [0.2, 0.25) is 5.02 Å². The molecular weight excluding hydrogens is 260 g/mol. The van der Waals surface area contributed by atoms with Gasteiger partial charge in [-0.3, -0.25) is 4.79 Å². The van der Waals surface area contributed by atoms with Gasteiger partial charge in [-0.15, -0.1) is 0 Å². The third-order valence-corrected chi connectivity index (χ3v) is 2.99. The fourth-order valence-electron chi connectivity index (χ4n) is 1.70. The predicted molar refractivity (Wildman–Crippen MR) is 74.9 cm³/mol. The number of hydrogen-bond donors (Lipinski definition) is 1. The number of nitriles is 1. The highest BCUT2D eigenvalue weighted by Gasteiger charge is 2.20. The summed E-state index contributed by atoms with van der Waals surface area (Å²) in [6.45, 7) is 0. The Morgan fingerprint density at radius 1 is 1.11 bits per heavy atom. The molecule has 1 atom stereocenters. The van der Waals surface area contributed by atoms with Gasteiger partial charge in [0.15, 0.2) is 5.92 Å². The molecule has 0 spiro atoms. The molecule has 0 aromatic heterocycles. The van der Waals surface area contributed by atoms with E-state index in [2.05, 4.69) is 5.32 Å². The highest BCUT2D eigenvalue weighted by Crippen LogP contribution is 2.23. The molecule has 2 aromatic carbocycles. The largest absolute Gasteiger partial charge is 0.323 e. The Bertz CT molecular complexity index is 620. The zero-order chi connectivity index (χ0) is 13.7. The van der Waals surface area contributed by atoms with Crippen molar-refractivity contribution < 1.29 is 4.79 Å². The second kappa shape index (κ2) is 6.03. The lowest BCUT2D eigenvalue weighted by atomic mass is 10.00. The van der Waals surface area contributed by atoms with Gasteiger partial charge in [-0.1, -0.05) is 54.1 Å². The lowest BCUT2D eigenvalue weighted by Crippen LogP contribution is -2.20. The van der Waals surface area contributed by atoms with E-state index in [1.807, 2.05) is 12.1 Å². The molecule has 2 rings (SSSR count). The second-order valence-electron chi connectivity index (χ2n) is 3.94. The summed E-state index contributed by atoms with van der Waals surface area (Å²) in [5, 5.41) is 12.3. The van der Waals surface area contributed by atoms with Crippen molar-refractivity contribution >= 4 is 23.2 Å². The van der Waals surface area contributed by atoms with E-state index in [-0.39, 0.29) is 5.91 Å². The Balaban J connectivity index is 2.20. The monoisotopic (exact) mass is 270 g/mol. The Kier molecular flexibility index (Phi) is 4.17. The minimum Gasteiger partial charge on any atom is -0.323 e. The van der Waals surface area contributed by atoms with Crippen molar-refractivity contribution in [3.63, 3.8) is 0 Å². The number of nitrogens with zero attached hydrogens (tertiary/aromatic N) is 1. The third kappa shape index (κ3) is 3.12. The molecule has 1 N–H and O–H groups in total. The van der Waals surface area contributed by atoms with E-state index in [9.17, 15) is 4.79 Å². The molecule has 94 valence electrons. The normalized spacial score (nSPS) is 11.4. The molecule has 2 aromatic rings. The average molecular weight is 271 g/mol. The van der Waals surface area contributed by atoms with Crippen molar-refractivity contribution in [2.75, 3.05) is 5.32 Å². The van der Waals surface area contributed by atoms with Crippen molar-refractivity contribution in [3.8, 4) is 6.07 Å². The molecule has 0 bridgehead atoms. The summed E-state index contributed by atoms with van der Waals surface area (Å²) >= 11 is 5.96. The molecule has 0 radical (unpaired) electrons. The van der Waals surface area contributed by atoms with Crippen LogP contribution in [0.4, 0.5) is 5.69 Å². The number of benzene rings is 2. The highest BCUT2D eigenvalue weighted by atomic mass is 35.5. The van der Waals surface area contributed by atoms with Crippen LogP contribution in [0, 0.1) is 11.3 Å². The molecule has 1 amide bonds. The smallest absolute Gasteiger partial charge is 0.246 e. The quantitative estimate of drug-likeness (QED) is 0.927. The van der Waals surface area contributed by atoms with E-state index in [1.165, 1.54) is 0 Å². The van der Waals surface area contributed by atoms with Gasteiger partial charge >= 0.3 is 0 Å². The van der Waals surface area contributed by atoms with Gasteiger partial charge in [0.2, 0.25) is 5.91 Å². The molecule has 4 heteroatoms. The first-order chi connectivity index (χ1) is 9.22. The summed E-state index contributed by atoms with van der Waals surface area (Å²) in [7, 11) is 0. The van der Waals surface area contributed by atoms with Gasteiger partial charge in [0.1, 0.15) is 0 Å². The molecule has 1 unspecified atom stereocenters. The Morgan fingerprint density at radius 2 is 1.74 bits per heavy atom. The van der Waals surface area contributed by atoms with Gasteiger partial charge in [0.25, 0.3) is 0 Å². The first-order valence-electron chi connectivity index (χ1n) is 5.72. The molecule has 0 saturated carbocycles. The van der Waals surface area contributed by atoms with E-state index in [0.29, 0.717) is 16.3 Å². The Labute approximate surface area is 116 Å². The standard InChI is InChI=1S/C15H11ClN2O/c16-13-8-4-5-9-14(13)18-15(19)12(10-17)11-6-2-1-3-7-11/h1-9,12H,(H,18,19). The van der Waals surface area contributed by atoms with Crippen LogP contribution in [0.15, 0.2) is 54.6 Å². The van der Waals surface area contributed by atoms with Crippen molar-refractivity contribution in [2.45, 2.75) is 5.92 Å². The van der Waals surface area contributed by atoms with Crippen LogP contribution in [0.25, 0.3) is 0 Å². The number of amides is 1. The molecule has 0 heterocycles. The number of hydrogen-bond acceptors (Lipinski definition) is 2. The van der Waals surface area contributed by atoms with Crippen molar-refractivity contribution in [1.82, 2.24) is 0 Å². The summed E-state index contributed by atoms with van der Waals surface area (Å²) in [6, 6.07) is 17.8. The van der Waals surface area contributed by atoms with Crippen LogP contribution in [-0.4, -0.2) is 5.91 Å². The molecule has 0 fully saturated rings. The molecule has 19 heavy (non-hydrogen) atoms. The van der Waals surface area contributed by atoms with Crippen LogP contribution in [0.3, 0.4) is 0 Å². The Hall–Kier alpha value is -2.31. The number of para-hydroxylation sites is 1. The van der Waals surface area contributed by atoms with E-state index < -0.39 is 5.92 Å². The number of halogens is 1. The van der Waals surface area contributed by atoms with Gasteiger partial charge in [0, 0.05) is 0 Å². The van der Waals surface area contributed by atoms with E-state index in [1.54, 1.807) is 48.5 Å². The van der Waals surface area contributed by atoms with Crippen molar-refractivity contribution in [2.24, 2.45) is 0 Å². The Morgan fingerprint density at radius 3 is 2.37 bits per heavy atom. The van der Waals surface area contributed by atoms with Crippen LogP contribution < -0.4 is 5.32 Å². The van der Waals surface area contributed by atoms with Crippen LogP contribution >= 0.6 is 11.6 Å². The highest BCUT2D eigenvalue weighted by molar-refractivity contribution is 6.33. The molecule has 0 saturated heterocycles.